The van der Waals surface area contributed by atoms with E-state index in [1.165, 1.54) is 0 Å². The average Bonchev–Trinajstić information content (AvgIpc) is 2.77. The molecule has 2 aromatic rings. The van der Waals surface area contributed by atoms with Gasteiger partial charge in [0.1, 0.15) is 0 Å². The number of nitrogens with zero attached hydrogens (tertiary/aromatic N) is 2. The third kappa shape index (κ3) is 1.90. The first-order valence-corrected chi connectivity index (χ1v) is 6.71. The zero-order chi connectivity index (χ0) is 11.9. The van der Waals surface area contributed by atoms with Gasteiger partial charge in [-0.05, 0) is 6.07 Å². The summed E-state index contributed by atoms with van der Waals surface area (Å²) in [7, 11) is 0. The largest absolute Gasteiger partial charge is 0.490 e. The van der Waals surface area contributed by atoms with E-state index >= 15 is 0 Å². The number of thiazole rings is 1. The number of hydrogen-bond donors (Lipinski definition) is 0. The van der Waals surface area contributed by atoms with Gasteiger partial charge in [0.2, 0.25) is 0 Å². The van der Waals surface area contributed by atoms with E-state index in [0.717, 1.165) is 39.8 Å². The van der Waals surface area contributed by atoms with Gasteiger partial charge in [-0.3, -0.25) is 4.98 Å². The number of aromatic nitrogens is 1. The van der Waals surface area contributed by atoms with E-state index in [-0.39, 0.29) is 7.43 Å². The SMILES string of the molecule is C.c1ncc(C2=Nc3cc4c(cc32)OCCCO4)s1. The summed E-state index contributed by atoms with van der Waals surface area (Å²) >= 11 is 1.60. The molecular formula is C14H14N2O2S. The molecule has 0 atom stereocenters. The number of hydrogen-bond acceptors (Lipinski definition) is 5. The van der Waals surface area contributed by atoms with Crippen molar-refractivity contribution in [2.24, 2.45) is 4.99 Å². The molecule has 0 bridgehead atoms. The molecule has 0 saturated carbocycles. The predicted molar refractivity (Wildman–Crippen MR) is 76.2 cm³/mol. The maximum atomic E-state index is 5.69. The van der Waals surface area contributed by atoms with Crippen LogP contribution in [-0.2, 0) is 0 Å². The number of rotatable bonds is 1. The molecule has 0 N–H and O–H groups in total. The van der Waals surface area contributed by atoms with Crippen molar-refractivity contribution in [1.29, 1.82) is 0 Å². The molecule has 4 rings (SSSR count). The zero-order valence-electron chi connectivity index (χ0n) is 9.55. The van der Waals surface area contributed by atoms with Gasteiger partial charge in [0.15, 0.2) is 11.5 Å². The standard InChI is InChI=1S/C13H10N2O2S.CH4/c1-2-16-10-4-8-9(5-11(10)17-3-1)15-13(8)12-6-14-7-18-12;/h4-7H,1-3H2;1H4. The first-order valence-electron chi connectivity index (χ1n) is 5.83. The van der Waals surface area contributed by atoms with Gasteiger partial charge in [0.25, 0.3) is 0 Å². The van der Waals surface area contributed by atoms with E-state index in [1.807, 2.05) is 23.8 Å². The van der Waals surface area contributed by atoms with E-state index in [2.05, 4.69) is 9.98 Å². The third-order valence-corrected chi connectivity index (χ3v) is 3.80. The summed E-state index contributed by atoms with van der Waals surface area (Å²) in [6.07, 6.45) is 2.76. The predicted octanol–water partition coefficient (Wildman–Crippen LogP) is 3.42. The highest BCUT2D eigenvalue weighted by molar-refractivity contribution is 7.12. The Bertz CT molecular complexity index is 635. The lowest BCUT2D eigenvalue weighted by molar-refractivity contribution is 0.297. The van der Waals surface area contributed by atoms with Crippen LogP contribution in [0, 0.1) is 0 Å². The van der Waals surface area contributed by atoms with Crippen molar-refractivity contribution in [1.82, 2.24) is 4.98 Å². The van der Waals surface area contributed by atoms with Crippen LogP contribution in [0.4, 0.5) is 5.69 Å². The fraction of sp³-hybridized carbons (Fsp3) is 0.286. The van der Waals surface area contributed by atoms with Gasteiger partial charge in [-0.1, -0.05) is 7.43 Å². The molecule has 0 amide bonds. The number of fused-ring (bicyclic) bond motifs is 2. The van der Waals surface area contributed by atoms with Crippen LogP contribution in [0.2, 0.25) is 0 Å². The molecule has 0 saturated heterocycles. The first kappa shape index (κ1) is 12.2. The second-order valence-electron chi connectivity index (χ2n) is 4.19. The van der Waals surface area contributed by atoms with Gasteiger partial charge in [-0.25, -0.2) is 4.99 Å². The lowest BCUT2D eigenvalue weighted by Crippen LogP contribution is -2.10. The Morgan fingerprint density at radius 2 is 1.89 bits per heavy atom. The summed E-state index contributed by atoms with van der Waals surface area (Å²) in [5.41, 5.74) is 4.92. The summed E-state index contributed by atoms with van der Waals surface area (Å²) in [5, 5.41) is 0. The average molecular weight is 274 g/mol. The minimum atomic E-state index is 0. The maximum absolute atomic E-state index is 5.69. The van der Waals surface area contributed by atoms with Crippen molar-refractivity contribution in [2.45, 2.75) is 13.8 Å². The van der Waals surface area contributed by atoms with Crippen LogP contribution in [0.1, 0.15) is 24.3 Å². The molecule has 1 aromatic heterocycles. The molecule has 5 heteroatoms. The molecule has 98 valence electrons. The fourth-order valence-electron chi connectivity index (χ4n) is 2.13. The molecule has 4 nitrogen and oxygen atoms in total. The minimum Gasteiger partial charge on any atom is -0.490 e. The molecule has 3 heterocycles. The summed E-state index contributed by atoms with van der Waals surface area (Å²) in [5.74, 6) is 1.63. The molecule has 2 aliphatic heterocycles. The Morgan fingerprint density at radius 3 is 2.63 bits per heavy atom. The van der Waals surface area contributed by atoms with Crippen LogP contribution in [0.5, 0.6) is 11.5 Å². The van der Waals surface area contributed by atoms with Gasteiger partial charge in [0, 0.05) is 24.2 Å². The van der Waals surface area contributed by atoms with Gasteiger partial charge in [0.05, 0.1) is 35.0 Å². The molecule has 0 spiro atoms. The summed E-state index contributed by atoms with van der Waals surface area (Å²) in [6, 6.07) is 3.98. The quantitative estimate of drug-likeness (QED) is 0.683. The van der Waals surface area contributed by atoms with E-state index < -0.39 is 0 Å². The van der Waals surface area contributed by atoms with Crippen molar-refractivity contribution < 1.29 is 9.47 Å². The number of aliphatic imine (C=N–C) groups is 1. The van der Waals surface area contributed by atoms with Gasteiger partial charge >= 0.3 is 0 Å². The van der Waals surface area contributed by atoms with E-state index in [1.54, 1.807) is 11.3 Å². The van der Waals surface area contributed by atoms with Crippen molar-refractivity contribution >= 4 is 22.7 Å². The lowest BCUT2D eigenvalue weighted by atomic mass is 10.0. The van der Waals surface area contributed by atoms with Crippen molar-refractivity contribution in [3.8, 4) is 11.5 Å². The number of ether oxygens (including phenoxy) is 2. The highest BCUT2D eigenvalue weighted by Crippen LogP contribution is 2.42. The Balaban J connectivity index is 0.00000110. The van der Waals surface area contributed by atoms with E-state index in [9.17, 15) is 0 Å². The molecule has 19 heavy (non-hydrogen) atoms. The second kappa shape index (κ2) is 4.66. The Hall–Kier alpha value is -1.88. The van der Waals surface area contributed by atoms with Crippen molar-refractivity contribution in [3.05, 3.63) is 34.3 Å². The minimum absolute atomic E-state index is 0. The smallest absolute Gasteiger partial charge is 0.163 e. The molecule has 1 aromatic carbocycles. The Kier molecular flexibility index (Phi) is 2.98. The zero-order valence-corrected chi connectivity index (χ0v) is 10.4. The van der Waals surface area contributed by atoms with E-state index in [0.29, 0.717) is 13.2 Å². The third-order valence-electron chi connectivity index (χ3n) is 3.02. The van der Waals surface area contributed by atoms with Gasteiger partial charge in [-0.2, -0.15) is 0 Å². The van der Waals surface area contributed by atoms with Crippen LogP contribution in [0.3, 0.4) is 0 Å². The lowest BCUT2D eigenvalue weighted by Gasteiger charge is -2.19. The molecule has 0 unspecified atom stereocenters. The molecular weight excluding hydrogens is 260 g/mol. The monoisotopic (exact) mass is 274 g/mol. The normalized spacial score (nSPS) is 15.5. The summed E-state index contributed by atoms with van der Waals surface area (Å²) in [6.45, 7) is 1.41. The highest BCUT2D eigenvalue weighted by atomic mass is 32.1. The molecule has 0 radical (unpaired) electrons. The van der Waals surface area contributed by atoms with Gasteiger partial charge < -0.3 is 9.47 Å². The second-order valence-corrected chi connectivity index (χ2v) is 5.08. The summed E-state index contributed by atoms with van der Waals surface area (Å²) < 4.78 is 11.3. The summed E-state index contributed by atoms with van der Waals surface area (Å²) in [4.78, 5) is 9.69. The van der Waals surface area contributed by atoms with Crippen LogP contribution < -0.4 is 9.47 Å². The fourth-order valence-corrected chi connectivity index (χ4v) is 2.75. The van der Waals surface area contributed by atoms with E-state index in [4.69, 9.17) is 9.47 Å². The first-order chi connectivity index (χ1) is 8.92. The highest BCUT2D eigenvalue weighted by Gasteiger charge is 2.25. The Morgan fingerprint density at radius 1 is 1.11 bits per heavy atom. The topological polar surface area (TPSA) is 43.7 Å². The maximum Gasteiger partial charge on any atom is 0.163 e. The van der Waals surface area contributed by atoms with Crippen LogP contribution in [-0.4, -0.2) is 23.9 Å². The molecule has 0 aliphatic carbocycles. The van der Waals surface area contributed by atoms with Crippen molar-refractivity contribution in [3.63, 3.8) is 0 Å². The van der Waals surface area contributed by atoms with Crippen LogP contribution in [0.25, 0.3) is 0 Å². The number of benzene rings is 1. The van der Waals surface area contributed by atoms with Crippen LogP contribution >= 0.6 is 11.3 Å². The van der Waals surface area contributed by atoms with Crippen LogP contribution in [0.15, 0.2) is 28.8 Å². The Labute approximate surface area is 115 Å². The molecule has 2 aliphatic rings. The van der Waals surface area contributed by atoms with Crippen molar-refractivity contribution in [2.75, 3.05) is 13.2 Å². The molecule has 0 fully saturated rings. The van der Waals surface area contributed by atoms with Gasteiger partial charge in [-0.15, -0.1) is 11.3 Å².